The topological polar surface area (TPSA) is 0 Å². The average Bonchev–Trinajstić information content (AvgIpc) is 0.722. The van der Waals surface area contributed by atoms with Crippen LogP contribution >= 0.6 is 37.7 Å². The summed E-state index contributed by atoms with van der Waals surface area (Å²) in [6.45, 7) is 0. The van der Waals surface area contributed by atoms with Crippen molar-refractivity contribution >= 4 is 37.7 Å². The van der Waals surface area contributed by atoms with Crippen LogP contribution in [0.25, 0.3) is 0 Å². The molecule has 0 aliphatic rings. The minimum absolute atomic E-state index is 0. The molecule has 0 aliphatic heterocycles. The Hall–Kier alpha value is 2.38. The first-order chi connectivity index (χ1) is 2.00. The standard InChI is InChI=1S/4ClH.Cr.Mo/h4*1H;;/q;;;;;+4/p-4. The second-order valence-corrected chi connectivity index (χ2v) is 18.6. The Morgan fingerprint density at radius 1 is 0.833 bits per heavy atom. The second kappa shape index (κ2) is 4.28. The van der Waals surface area contributed by atoms with Gasteiger partial charge in [-0.2, -0.15) is 0 Å². The molecular weight excluding hydrogens is 290 g/mol. The number of hydrogen-bond donors (Lipinski definition) is 0. The summed E-state index contributed by atoms with van der Waals surface area (Å²) in [4.78, 5) is 0. The van der Waals surface area contributed by atoms with Gasteiger partial charge in [0.15, 0.2) is 0 Å². The zero-order valence-electron chi connectivity index (χ0n) is 2.33. The van der Waals surface area contributed by atoms with Crippen LogP contribution in [-0.4, -0.2) is 0 Å². The number of rotatable bonds is 0. The third-order valence-electron chi connectivity index (χ3n) is 0. The molecule has 0 saturated carbocycles. The van der Waals surface area contributed by atoms with Crippen LogP contribution in [0.2, 0.25) is 0 Å². The number of hydrogen-bond acceptors (Lipinski definition) is 0. The van der Waals surface area contributed by atoms with E-state index < -0.39 is 11.9 Å². The summed E-state index contributed by atoms with van der Waals surface area (Å²) < 4.78 is 0. The maximum absolute atomic E-state index is 5.02. The molecule has 0 heterocycles. The van der Waals surface area contributed by atoms with E-state index in [9.17, 15) is 0 Å². The molecule has 0 N–H and O–H groups in total. The van der Waals surface area contributed by atoms with Gasteiger partial charge >= 0.3 is 49.6 Å². The van der Waals surface area contributed by atoms with Gasteiger partial charge in [0.05, 0.1) is 0 Å². The molecular formula is Cl4CrMo. The van der Waals surface area contributed by atoms with E-state index in [0.29, 0.717) is 0 Å². The van der Waals surface area contributed by atoms with Gasteiger partial charge in [-0.3, -0.25) is 0 Å². The predicted molar refractivity (Wildman–Crippen MR) is 23.4 cm³/mol. The molecule has 0 fully saturated rings. The molecule has 0 saturated heterocycles. The summed E-state index contributed by atoms with van der Waals surface area (Å²) in [6, 6.07) is 0. The Labute approximate surface area is 66.1 Å². The summed E-state index contributed by atoms with van der Waals surface area (Å²) in [5.41, 5.74) is 0. The van der Waals surface area contributed by atoms with Gasteiger partial charge in [0.25, 0.3) is 0 Å². The molecule has 0 rings (SSSR count). The van der Waals surface area contributed by atoms with E-state index in [-0.39, 0.29) is 17.4 Å². The van der Waals surface area contributed by atoms with Gasteiger partial charge in [-0.15, -0.1) is 0 Å². The van der Waals surface area contributed by atoms with Crippen molar-refractivity contribution in [1.82, 2.24) is 0 Å². The molecule has 0 aromatic heterocycles. The Bertz CT molecular complexity index is 23.0. The summed E-state index contributed by atoms with van der Waals surface area (Å²) in [7, 11) is 20.1. The molecule has 0 atom stereocenters. The molecule has 0 spiro atoms. The summed E-state index contributed by atoms with van der Waals surface area (Å²) >= 11 is -3.13. The second-order valence-electron chi connectivity index (χ2n) is 0.350. The maximum atomic E-state index is 5.02. The molecule has 6 heavy (non-hydrogen) atoms. The first-order valence-corrected chi connectivity index (χ1v) is 11.0. The molecule has 0 amide bonds. The van der Waals surface area contributed by atoms with Gasteiger partial charge in [0.1, 0.15) is 0 Å². The smallest absolute Gasteiger partial charge is 0 e. The minimum atomic E-state index is -3.13. The Morgan fingerprint density at radius 3 is 0.833 bits per heavy atom. The van der Waals surface area contributed by atoms with Crippen molar-refractivity contribution in [1.29, 1.82) is 0 Å². The third-order valence-corrected chi connectivity index (χ3v) is 0. The van der Waals surface area contributed by atoms with E-state index in [1.165, 1.54) is 0 Å². The van der Waals surface area contributed by atoms with Crippen LogP contribution in [-0.2, 0) is 29.3 Å². The Morgan fingerprint density at radius 2 is 0.833 bits per heavy atom. The van der Waals surface area contributed by atoms with Gasteiger partial charge in [-0.1, -0.05) is 0 Å². The first kappa shape index (κ1) is 11.2. The Balaban J connectivity index is 0. The molecule has 0 radical (unpaired) electrons. The van der Waals surface area contributed by atoms with Crippen LogP contribution in [0.5, 0.6) is 0 Å². The van der Waals surface area contributed by atoms with Crippen LogP contribution in [0.15, 0.2) is 0 Å². The largest absolute Gasteiger partial charge is 0 e. The molecule has 0 bridgehead atoms. The normalized spacial score (nSPS) is 12.7. The maximum Gasteiger partial charge on any atom is 0 e. The molecule has 0 unspecified atom stereocenters. The third kappa shape index (κ3) is 32.6. The predicted octanol–water partition coefficient (Wildman–Crippen LogP) is 2.75. The monoisotopic (exact) mass is 290 g/mol. The van der Waals surface area contributed by atoms with Crippen LogP contribution in [0, 0.1) is 0 Å². The van der Waals surface area contributed by atoms with E-state index >= 15 is 0 Å². The average molecular weight is 290 g/mol. The van der Waals surface area contributed by atoms with Crippen molar-refractivity contribution in [3.05, 3.63) is 0 Å². The SMILES string of the molecule is [Cl][Mo]([Cl])([Cl])[Cl].[Cr]. The van der Waals surface area contributed by atoms with Gasteiger partial charge in [-0.05, 0) is 0 Å². The fourth-order valence-electron chi connectivity index (χ4n) is 0. The molecule has 0 aromatic carbocycles. The fraction of sp³-hybridized carbons (Fsp3) is 0. The van der Waals surface area contributed by atoms with Crippen LogP contribution in [0.1, 0.15) is 0 Å². The quantitative estimate of drug-likeness (QED) is 0.602. The van der Waals surface area contributed by atoms with Gasteiger partial charge < -0.3 is 0 Å². The Kier molecular flexibility index (Phi) is 8.00. The van der Waals surface area contributed by atoms with Crippen molar-refractivity contribution in [2.75, 3.05) is 0 Å². The summed E-state index contributed by atoms with van der Waals surface area (Å²) in [5.74, 6) is 0. The van der Waals surface area contributed by atoms with Crippen molar-refractivity contribution < 1.29 is 29.3 Å². The van der Waals surface area contributed by atoms with E-state index in [4.69, 9.17) is 37.7 Å². The zero-order chi connectivity index (χ0) is 4.50. The van der Waals surface area contributed by atoms with E-state index in [1.54, 1.807) is 0 Å². The minimum Gasteiger partial charge on any atom is 0 e. The molecule has 0 aliphatic carbocycles. The zero-order valence-corrected chi connectivity index (χ0v) is 8.63. The van der Waals surface area contributed by atoms with Gasteiger partial charge in [-0.25, -0.2) is 0 Å². The van der Waals surface area contributed by atoms with Crippen molar-refractivity contribution in [2.45, 2.75) is 0 Å². The molecule has 6 heteroatoms. The summed E-state index contributed by atoms with van der Waals surface area (Å²) in [6.07, 6.45) is 0. The summed E-state index contributed by atoms with van der Waals surface area (Å²) in [5, 5.41) is 0. The van der Waals surface area contributed by atoms with Crippen molar-refractivity contribution in [3.63, 3.8) is 0 Å². The fourth-order valence-corrected chi connectivity index (χ4v) is 0. The van der Waals surface area contributed by atoms with Crippen LogP contribution < -0.4 is 0 Å². The van der Waals surface area contributed by atoms with E-state index in [0.717, 1.165) is 0 Å². The van der Waals surface area contributed by atoms with Crippen molar-refractivity contribution in [3.8, 4) is 0 Å². The van der Waals surface area contributed by atoms with Crippen LogP contribution in [0.4, 0.5) is 0 Å². The first-order valence-electron chi connectivity index (χ1n) is 0.617. The van der Waals surface area contributed by atoms with Crippen molar-refractivity contribution in [2.24, 2.45) is 0 Å². The molecule has 40 valence electrons. The molecule has 0 nitrogen and oxygen atoms in total. The molecule has 0 aromatic rings. The van der Waals surface area contributed by atoms with E-state index in [2.05, 4.69) is 0 Å². The van der Waals surface area contributed by atoms with Crippen LogP contribution in [0.3, 0.4) is 0 Å². The number of halogens is 4. The van der Waals surface area contributed by atoms with Gasteiger partial charge in [0.2, 0.25) is 0 Å². The van der Waals surface area contributed by atoms with Gasteiger partial charge in [0, 0.05) is 17.4 Å². The van der Waals surface area contributed by atoms with E-state index in [1.807, 2.05) is 0 Å².